The van der Waals surface area contributed by atoms with Gasteiger partial charge in [-0.25, -0.2) is 0 Å². The molecule has 1 aliphatic rings. The van der Waals surface area contributed by atoms with Gasteiger partial charge in [-0.2, -0.15) is 0 Å². The Morgan fingerprint density at radius 3 is 2.33 bits per heavy atom. The number of aliphatic hydroxyl groups excluding tert-OH is 1. The van der Waals surface area contributed by atoms with Crippen molar-refractivity contribution >= 4 is 17.3 Å². The first-order valence-corrected chi connectivity index (χ1v) is 5.77. The van der Waals surface area contributed by atoms with Gasteiger partial charge in [-0.1, -0.05) is 24.4 Å². The summed E-state index contributed by atoms with van der Waals surface area (Å²) in [5.74, 6) is 0. The zero-order chi connectivity index (χ0) is 10.7. The van der Waals surface area contributed by atoms with E-state index in [2.05, 4.69) is 5.32 Å². The first-order valence-electron chi connectivity index (χ1n) is 5.39. The highest BCUT2D eigenvalue weighted by Crippen LogP contribution is 2.32. The van der Waals surface area contributed by atoms with Crippen molar-refractivity contribution in [3.05, 3.63) is 29.3 Å². The lowest BCUT2D eigenvalue weighted by Crippen LogP contribution is -2.38. The second-order valence-corrected chi connectivity index (χ2v) is 4.71. The summed E-state index contributed by atoms with van der Waals surface area (Å²) in [6.45, 7) is 0.204. The van der Waals surface area contributed by atoms with Crippen molar-refractivity contribution in [3.63, 3.8) is 0 Å². The molecule has 2 N–H and O–H groups in total. The Hall–Kier alpha value is -0.730. The van der Waals surface area contributed by atoms with Gasteiger partial charge in [-0.3, -0.25) is 0 Å². The molecule has 1 saturated carbocycles. The summed E-state index contributed by atoms with van der Waals surface area (Å²) >= 11 is 5.82. The highest BCUT2D eigenvalue weighted by molar-refractivity contribution is 6.30. The number of anilines is 1. The topological polar surface area (TPSA) is 32.3 Å². The van der Waals surface area contributed by atoms with Gasteiger partial charge in [0.15, 0.2) is 0 Å². The summed E-state index contributed by atoms with van der Waals surface area (Å²) in [6.07, 6.45) is 4.49. The summed E-state index contributed by atoms with van der Waals surface area (Å²) in [4.78, 5) is 0. The Balaban J connectivity index is 2.09. The standard InChI is InChI=1S/C12H16ClNO/c13-10-3-5-11(6-4-10)14-12(9-15)7-1-2-8-12/h3-6,14-15H,1-2,7-9H2. The zero-order valence-electron chi connectivity index (χ0n) is 8.67. The third-order valence-electron chi connectivity index (χ3n) is 3.12. The average molecular weight is 226 g/mol. The molecule has 0 saturated heterocycles. The minimum Gasteiger partial charge on any atom is -0.394 e. The normalized spacial score (nSPS) is 19.1. The lowest BCUT2D eigenvalue weighted by molar-refractivity contribution is 0.214. The molecule has 15 heavy (non-hydrogen) atoms. The molecule has 1 fully saturated rings. The van der Waals surface area contributed by atoms with Crippen molar-refractivity contribution in [2.24, 2.45) is 0 Å². The highest BCUT2D eigenvalue weighted by Gasteiger charge is 2.32. The van der Waals surface area contributed by atoms with Gasteiger partial charge in [-0.05, 0) is 37.1 Å². The number of aliphatic hydroxyl groups is 1. The lowest BCUT2D eigenvalue weighted by atomic mass is 9.98. The van der Waals surface area contributed by atoms with Crippen LogP contribution in [0.2, 0.25) is 5.02 Å². The van der Waals surface area contributed by atoms with E-state index in [1.807, 2.05) is 24.3 Å². The maximum Gasteiger partial charge on any atom is 0.0661 e. The van der Waals surface area contributed by atoms with E-state index in [9.17, 15) is 5.11 Å². The van der Waals surface area contributed by atoms with Gasteiger partial charge in [-0.15, -0.1) is 0 Å². The van der Waals surface area contributed by atoms with Crippen LogP contribution < -0.4 is 5.32 Å². The minimum absolute atomic E-state index is 0.103. The van der Waals surface area contributed by atoms with Gasteiger partial charge in [0.1, 0.15) is 0 Å². The van der Waals surface area contributed by atoms with Gasteiger partial charge >= 0.3 is 0 Å². The first kappa shape index (κ1) is 10.8. The summed E-state index contributed by atoms with van der Waals surface area (Å²) in [5, 5.41) is 13.6. The molecule has 82 valence electrons. The maximum atomic E-state index is 9.44. The highest BCUT2D eigenvalue weighted by atomic mass is 35.5. The Morgan fingerprint density at radius 1 is 1.20 bits per heavy atom. The molecule has 0 bridgehead atoms. The second-order valence-electron chi connectivity index (χ2n) is 4.28. The number of rotatable bonds is 3. The van der Waals surface area contributed by atoms with Crippen molar-refractivity contribution in [1.82, 2.24) is 0 Å². The van der Waals surface area contributed by atoms with Crippen molar-refractivity contribution in [2.75, 3.05) is 11.9 Å². The molecule has 0 spiro atoms. The summed E-state index contributed by atoms with van der Waals surface area (Å²) in [5.41, 5.74) is 0.934. The Morgan fingerprint density at radius 2 is 1.80 bits per heavy atom. The van der Waals surface area contributed by atoms with Crippen LogP contribution in [0.1, 0.15) is 25.7 Å². The van der Waals surface area contributed by atoms with Crippen LogP contribution in [0.3, 0.4) is 0 Å². The molecule has 0 aliphatic heterocycles. The van der Waals surface area contributed by atoms with E-state index in [0.29, 0.717) is 0 Å². The predicted molar refractivity (Wildman–Crippen MR) is 63.4 cm³/mol. The molecule has 2 rings (SSSR count). The lowest BCUT2D eigenvalue weighted by Gasteiger charge is -2.29. The number of benzene rings is 1. The second kappa shape index (κ2) is 4.42. The van der Waals surface area contributed by atoms with Gasteiger partial charge in [0.2, 0.25) is 0 Å². The van der Waals surface area contributed by atoms with E-state index in [1.54, 1.807) is 0 Å². The van der Waals surface area contributed by atoms with Gasteiger partial charge < -0.3 is 10.4 Å². The molecule has 2 nitrogen and oxygen atoms in total. The van der Waals surface area contributed by atoms with E-state index in [-0.39, 0.29) is 12.1 Å². The van der Waals surface area contributed by atoms with E-state index in [0.717, 1.165) is 23.6 Å². The van der Waals surface area contributed by atoms with Crippen LogP contribution in [0.5, 0.6) is 0 Å². The van der Waals surface area contributed by atoms with Gasteiger partial charge in [0.25, 0.3) is 0 Å². The molecule has 0 unspecified atom stereocenters. The monoisotopic (exact) mass is 225 g/mol. The molecule has 1 aromatic rings. The molecule has 1 aliphatic carbocycles. The fraction of sp³-hybridized carbons (Fsp3) is 0.500. The van der Waals surface area contributed by atoms with Crippen LogP contribution in [0.25, 0.3) is 0 Å². The number of hydrogen-bond donors (Lipinski definition) is 2. The van der Waals surface area contributed by atoms with Crippen molar-refractivity contribution in [1.29, 1.82) is 0 Å². The van der Waals surface area contributed by atoms with Crippen molar-refractivity contribution in [3.8, 4) is 0 Å². The van der Waals surface area contributed by atoms with Crippen molar-refractivity contribution < 1.29 is 5.11 Å². The third-order valence-corrected chi connectivity index (χ3v) is 3.37. The van der Waals surface area contributed by atoms with E-state index in [1.165, 1.54) is 12.8 Å². The van der Waals surface area contributed by atoms with Gasteiger partial charge in [0.05, 0.1) is 12.1 Å². The maximum absolute atomic E-state index is 9.44. The smallest absolute Gasteiger partial charge is 0.0661 e. The Bertz CT molecular complexity index is 317. The SMILES string of the molecule is OCC1(Nc2ccc(Cl)cc2)CCCC1. The number of halogens is 1. The Kier molecular flexibility index (Phi) is 3.17. The molecular formula is C12H16ClNO. The molecule has 3 heteroatoms. The average Bonchev–Trinajstić information content (AvgIpc) is 2.71. The fourth-order valence-electron chi connectivity index (χ4n) is 2.21. The van der Waals surface area contributed by atoms with Crippen LogP contribution in [-0.4, -0.2) is 17.3 Å². The Labute approximate surface area is 95.3 Å². The van der Waals surface area contributed by atoms with Crippen LogP contribution in [0.4, 0.5) is 5.69 Å². The quantitative estimate of drug-likeness (QED) is 0.829. The van der Waals surface area contributed by atoms with E-state index in [4.69, 9.17) is 11.6 Å². The molecule has 0 aromatic heterocycles. The molecular weight excluding hydrogens is 210 g/mol. The number of nitrogens with one attached hydrogen (secondary N) is 1. The van der Waals surface area contributed by atoms with Crippen LogP contribution in [0, 0.1) is 0 Å². The molecule has 0 heterocycles. The zero-order valence-corrected chi connectivity index (χ0v) is 9.43. The fourth-order valence-corrected chi connectivity index (χ4v) is 2.34. The van der Waals surface area contributed by atoms with E-state index < -0.39 is 0 Å². The molecule has 0 radical (unpaired) electrons. The van der Waals surface area contributed by atoms with E-state index >= 15 is 0 Å². The number of hydrogen-bond acceptors (Lipinski definition) is 2. The predicted octanol–water partition coefficient (Wildman–Crippen LogP) is 3.06. The molecule has 1 aromatic carbocycles. The molecule has 0 amide bonds. The van der Waals surface area contributed by atoms with Gasteiger partial charge in [0, 0.05) is 10.7 Å². The summed E-state index contributed by atoms with van der Waals surface area (Å²) in [6, 6.07) is 7.64. The summed E-state index contributed by atoms with van der Waals surface area (Å²) < 4.78 is 0. The van der Waals surface area contributed by atoms with Crippen molar-refractivity contribution in [2.45, 2.75) is 31.2 Å². The summed E-state index contributed by atoms with van der Waals surface area (Å²) in [7, 11) is 0. The van der Waals surface area contributed by atoms with Crippen LogP contribution in [0.15, 0.2) is 24.3 Å². The minimum atomic E-state index is -0.103. The largest absolute Gasteiger partial charge is 0.394 e. The third kappa shape index (κ3) is 2.44. The first-order chi connectivity index (χ1) is 7.24. The van der Waals surface area contributed by atoms with Crippen LogP contribution in [-0.2, 0) is 0 Å². The molecule has 0 atom stereocenters. The van der Waals surface area contributed by atoms with Crippen LogP contribution >= 0.6 is 11.6 Å².